The minimum atomic E-state index is -0.303. The molecule has 0 N–H and O–H groups in total. The van der Waals surface area contributed by atoms with Crippen LogP contribution >= 0.6 is 0 Å². The van der Waals surface area contributed by atoms with Gasteiger partial charge in [-0.05, 0) is 12.5 Å². The molecule has 3 nitrogen and oxygen atoms in total. The van der Waals surface area contributed by atoms with Crippen LogP contribution in [-0.2, 0) is 14.3 Å². The highest BCUT2D eigenvalue weighted by Crippen LogP contribution is 2.25. The molecule has 0 bridgehead atoms. The molecule has 0 heterocycles. The minimum Gasteiger partial charge on any atom is -0.469 e. The van der Waals surface area contributed by atoms with Gasteiger partial charge >= 0.3 is 5.97 Å². The molecule has 2 atom stereocenters. The summed E-state index contributed by atoms with van der Waals surface area (Å²) in [5.74, 6) is -0.562. The van der Waals surface area contributed by atoms with Gasteiger partial charge in [0.15, 0.2) is 0 Å². The Morgan fingerprint density at radius 2 is 1.80 bits per heavy atom. The number of carbonyl (C=O) groups is 1. The van der Waals surface area contributed by atoms with Crippen molar-refractivity contribution < 1.29 is 14.3 Å². The van der Waals surface area contributed by atoms with E-state index in [4.69, 9.17) is 9.47 Å². The highest BCUT2D eigenvalue weighted by molar-refractivity contribution is 5.72. The van der Waals surface area contributed by atoms with Gasteiger partial charge in [0.1, 0.15) is 0 Å². The second-order valence-corrected chi connectivity index (χ2v) is 3.38. The summed E-state index contributed by atoms with van der Waals surface area (Å²) >= 11 is 0. The molecule has 1 rings (SSSR count). The SMILES string of the molecule is COC(=O)[C@H](C)[C@H](OC)c1ccccc1. The Kier molecular flexibility index (Phi) is 4.31. The molecule has 0 spiro atoms. The van der Waals surface area contributed by atoms with Gasteiger partial charge < -0.3 is 9.47 Å². The van der Waals surface area contributed by atoms with Crippen LogP contribution in [0.4, 0.5) is 0 Å². The summed E-state index contributed by atoms with van der Waals surface area (Å²) < 4.78 is 10.0. The van der Waals surface area contributed by atoms with Crippen LogP contribution in [0, 0.1) is 5.92 Å². The van der Waals surface area contributed by atoms with E-state index >= 15 is 0 Å². The number of hydrogen-bond donors (Lipinski definition) is 0. The van der Waals surface area contributed by atoms with Crippen LogP contribution in [0.5, 0.6) is 0 Å². The number of benzene rings is 1. The summed E-state index contributed by atoms with van der Waals surface area (Å²) in [7, 11) is 2.98. The summed E-state index contributed by atoms with van der Waals surface area (Å²) in [6, 6.07) is 9.65. The van der Waals surface area contributed by atoms with Crippen LogP contribution in [0.15, 0.2) is 30.3 Å². The fourth-order valence-electron chi connectivity index (χ4n) is 1.58. The number of rotatable bonds is 4. The van der Waals surface area contributed by atoms with E-state index in [1.165, 1.54) is 7.11 Å². The lowest BCUT2D eigenvalue weighted by Gasteiger charge is -2.20. The zero-order valence-electron chi connectivity index (χ0n) is 9.27. The van der Waals surface area contributed by atoms with Gasteiger partial charge in [-0.3, -0.25) is 4.79 Å². The van der Waals surface area contributed by atoms with Crippen molar-refractivity contribution in [3.05, 3.63) is 35.9 Å². The molecule has 1 aromatic carbocycles. The summed E-state index contributed by atoms with van der Waals surface area (Å²) in [5.41, 5.74) is 0.984. The Balaban J connectivity index is 2.85. The monoisotopic (exact) mass is 208 g/mol. The quantitative estimate of drug-likeness (QED) is 0.711. The fraction of sp³-hybridized carbons (Fsp3) is 0.417. The molecule has 0 aliphatic rings. The predicted molar refractivity (Wildman–Crippen MR) is 57.4 cm³/mol. The van der Waals surface area contributed by atoms with Crippen LogP contribution in [0.2, 0.25) is 0 Å². The molecule has 0 aliphatic heterocycles. The lowest BCUT2D eigenvalue weighted by atomic mass is 9.97. The van der Waals surface area contributed by atoms with Crippen molar-refractivity contribution >= 4 is 5.97 Å². The molecule has 15 heavy (non-hydrogen) atoms. The molecule has 0 unspecified atom stereocenters. The molecule has 0 fully saturated rings. The smallest absolute Gasteiger partial charge is 0.311 e. The standard InChI is InChI=1S/C12H16O3/c1-9(12(13)15-3)11(14-2)10-7-5-4-6-8-10/h4-9,11H,1-3H3/t9-,11+/m1/s1. The van der Waals surface area contributed by atoms with E-state index in [0.29, 0.717) is 0 Å². The Labute approximate surface area is 90.0 Å². The van der Waals surface area contributed by atoms with Gasteiger partial charge in [0.25, 0.3) is 0 Å². The first-order valence-electron chi connectivity index (χ1n) is 4.86. The third-order valence-electron chi connectivity index (χ3n) is 2.41. The van der Waals surface area contributed by atoms with Crippen molar-refractivity contribution in [2.75, 3.05) is 14.2 Å². The zero-order valence-corrected chi connectivity index (χ0v) is 9.27. The Morgan fingerprint density at radius 3 is 2.27 bits per heavy atom. The van der Waals surface area contributed by atoms with Gasteiger partial charge in [0.05, 0.1) is 19.1 Å². The van der Waals surface area contributed by atoms with E-state index in [-0.39, 0.29) is 18.0 Å². The number of methoxy groups -OCH3 is 2. The summed E-state index contributed by atoms with van der Waals surface area (Å²) in [6.45, 7) is 1.80. The highest BCUT2D eigenvalue weighted by atomic mass is 16.5. The molecular weight excluding hydrogens is 192 g/mol. The molecule has 0 saturated carbocycles. The van der Waals surface area contributed by atoms with Crippen LogP contribution in [-0.4, -0.2) is 20.2 Å². The van der Waals surface area contributed by atoms with Crippen LogP contribution in [0.1, 0.15) is 18.6 Å². The van der Waals surface area contributed by atoms with Gasteiger partial charge in [0, 0.05) is 7.11 Å². The summed E-state index contributed by atoms with van der Waals surface area (Å²) in [6.07, 6.45) is -0.251. The largest absolute Gasteiger partial charge is 0.469 e. The van der Waals surface area contributed by atoms with Crippen molar-refractivity contribution in [3.8, 4) is 0 Å². The maximum atomic E-state index is 11.4. The first-order valence-corrected chi connectivity index (χ1v) is 4.86. The number of carbonyl (C=O) groups excluding carboxylic acids is 1. The maximum Gasteiger partial charge on any atom is 0.311 e. The van der Waals surface area contributed by atoms with Gasteiger partial charge in [0.2, 0.25) is 0 Å². The van der Waals surface area contributed by atoms with E-state index in [1.54, 1.807) is 14.0 Å². The first kappa shape index (κ1) is 11.7. The van der Waals surface area contributed by atoms with Crippen molar-refractivity contribution in [1.29, 1.82) is 0 Å². The number of hydrogen-bond acceptors (Lipinski definition) is 3. The molecule has 82 valence electrons. The van der Waals surface area contributed by atoms with E-state index in [9.17, 15) is 4.79 Å². The Bertz CT molecular complexity index is 308. The topological polar surface area (TPSA) is 35.5 Å². The molecule has 0 saturated heterocycles. The fourth-order valence-corrected chi connectivity index (χ4v) is 1.58. The minimum absolute atomic E-state index is 0.251. The van der Waals surface area contributed by atoms with Crippen LogP contribution in [0.3, 0.4) is 0 Å². The lowest BCUT2D eigenvalue weighted by Crippen LogP contribution is -2.22. The Morgan fingerprint density at radius 1 is 1.20 bits per heavy atom. The molecule has 0 aromatic heterocycles. The molecule has 0 amide bonds. The van der Waals surface area contributed by atoms with E-state index in [1.807, 2.05) is 30.3 Å². The zero-order chi connectivity index (χ0) is 11.3. The maximum absolute atomic E-state index is 11.4. The molecule has 1 aromatic rings. The van der Waals surface area contributed by atoms with E-state index in [2.05, 4.69) is 0 Å². The van der Waals surface area contributed by atoms with Crippen molar-refractivity contribution in [1.82, 2.24) is 0 Å². The predicted octanol–water partition coefficient (Wildman–Crippen LogP) is 2.18. The Hall–Kier alpha value is -1.35. The second-order valence-electron chi connectivity index (χ2n) is 3.38. The summed E-state index contributed by atoms with van der Waals surface area (Å²) in [5, 5.41) is 0. The average Bonchev–Trinajstić information content (AvgIpc) is 2.30. The average molecular weight is 208 g/mol. The second kappa shape index (κ2) is 5.51. The number of esters is 1. The first-order chi connectivity index (χ1) is 7.20. The van der Waals surface area contributed by atoms with Crippen LogP contribution in [0.25, 0.3) is 0 Å². The van der Waals surface area contributed by atoms with Crippen molar-refractivity contribution in [3.63, 3.8) is 0 Å². The van der Waals surface area contributed by atoms with Gasteiger partial charge in [-0.2, -0.15) is 0 Å². The number of ether oxygens (including phenoxy) is 2. The van der Waals surface area contributed by atoms with Gasteiger partial charge in [-0.25, -0.2) is 0 Å². The van der Waals surface area contributed by atoms with Gasteiger partial charge in [-0.1, -0.05) is 30.3 Å². The van der Waals surface area contributed by atoms with E-state index < -0.39 is 0 Å². The molecular formula is C12H16O3. The van der Waals surface area contributed by atoms with Crippen LogP contribution < -0.4 is 0 Å². The lowest BCUT2D eigenvalue weighted by molar-refractivity contribution is -0.149. The van der Waals surface area contributed by atoms with Gasteiger partial charge in [-0.15, -0.1) is 0 Å². The molecule has 0 radical (unpaired) electrons. The molecule has 3 heteroatoms. The highest BCUT2D eigenvalue weighted by Gasteiger charge is 2.25. The van der Waals surface area contributed by atoms with E-state index in [0.717, 1.165) is 5.56 Å². The normalized spacial score (nSPS) is 14.3. The molecule has 0 aliphatic carbocycles. The summed E-state index contributed by atoms with van der Waals surface area (Å²) in [4.78, 5) is 11.4. The third kappa shape index (κ3) is 2.80. The van der Waals surface area contributed by atoms with Crippen molar-refractivity contribution in [2.24, 2.45) is 5.92 Å². The third-order valence-corrected chi connectivity index (χ3v) is 2.41. The van der Waals surface area contributed by atoms with Crippen molar-refractivity contribution in [2.45, 2.75) is 13.0 Å².